The summed E-state index contributed by atoms with van der Waals surface area (Å²) in [5.74, 6) is 1.34. The molecule has 0 aromatic carbocycles. The van der Waals surface area contributed by atoms with Gasteiger partial charge < -0.3 is 10.2 Å². The predicted molar refractivity (Wildman–Crippen MR) is 87.1 cm³/mol. The number of nitrogens with zero attached hydrogens (tertiary/aromatic N) is 1. The van der Waals surface area contributed by atoms with Crippen molar-refractivity contribution in [1.29, 1.82) is 0 Å². The summed E-state index contributed by atoms with van der Waals surface area (Å²) >= 11 is 1.98. The molecule has 0 atom stereocenters. The molecule has 1 spiro atoms. The Kier molecular flexibility index (Phi) is 7.03. The van der Waals surface area contributed by atoms with E-state index in [1.807, 2.05) is 11.8 Å². The maximum Gasteiger partial charge on any atom is 0.0308 e. The van der Waals surface area contributed by atoms with Crippen LogP contribution < -0.4 is 5.32 Å². The fraction of sp³-hybridized carbons (Fsp3) is 1.00. The molecule has 1 saturated heterocycles. The summed E-state index contributed by atoms with van der Waals surface area (Å²) in [7, 11) is 0. The van der Waals surface area contributed by atoms with Gasteiger partial charge in [0, 0.05) is 12.1 Å². The monoisotopic (exact) mass is 284 g/mol. The maximum absolute atomic E-state index is 3.89. The zero-order chi connectivity index (χ0) is 13.4. The van der Waals surface area contributed by atoms with Gasteiger partial charge >= 0.3 is 0 Å². The highest BCUT2D eigenvalue weighted by atomic mass is 32.2. The Morgan fingerprint density at radius 3 is 2.68 bits per heavy atom. The Labute approximate surface area is 124 Å². The van der Waals surface area contributed by atoms with E-state index in [0.29, 0.717) is 5.54 Å². The van der Waals surface area contributed by atoms with Crippen molar-refractivity contribution in [3.05, 3.63) is 0 Å². The zero-order valence-electron chi connectivity index (χ0n) is 12.8. The van der Waals surface area contributed by atoms with Crippen LogP contribution in [0.5, 0.6) is 0 Å². The Morgan fingerprint density at radius 1 is 1.05 bits per heavy atom. The fourth-order valence-corrected chi connectivity index (χ4v) is 4.22. The molecule has 0 unspecified atom stereocenters. The summed E-state index contributed by atoms with van der Waals surface area (Å²) in [6.07, 6.45) is 14.9. The van der Waals surface area contributed by atoms with Crippen LogP contribution >= 0.6 is 11.8 Å². The highest BCUT2D eigenvalue weighted by Crippen LogP contribution is 2.30. The highest BCUT2D eigenvalue weighted by Gasteiger charge is 2.34. The molecule has 0 radical (unpaired) electrons. The van der Waals surface area contributed by atoms with E-state index in [2.05, 4.69) is 16.5 Å². The minimum absolute atomic E-state index is 0.480. The molecule has 112 valence electrons. The zero-order valence-corrected chi connectivity index (χ0v) is 13.6. The van der Waals surface area contributed by atoms with Crippen LogP contribution in [0.2, 0.25) is 0 Å². The Balaban J connectivity index is 1.73. The molecule has 1 aliphatic heterocycles. The van der Waals surface area contributed by atoms with Crippen LogP contribution in [-0.4, -0.2) is 48.6 Å². The molecule has 19 heavy (non-hydrogen) atoms. The average Bonchev–Trinajstić information content (AvgIpc) is 2.62. The van der Waals surface area contributed by atoms with Gasteiger partial charge in [0.2, 0.25) is 0 Å². The van der Waals surface area contributed by atoms with Crippen molar-refractivity contribution in [2.75, 3.05) is 38.2 Å². The molecule has 2 nitrogen and oxygen atoms in total. The van der Waals surface area contributed by atoms with Gasteiger partial charge in [0.05, 0.1) is 0 Å². The van der Waals surface area contributed by atoms with Crippen LogP contribution in [0.25, 0.3) is 0 Å². The first kappa shape index (κ1) is 15.7. The largest absolute Gasteiger partial charge is 0.310 e. The molecule has 1 saturated carbocycles. The van der Waals surface area contributed by atoms with Crippen molar-refractivity contribution in [3.8, 4) is 0 Å². The van der Waals surface area contributed by atoms with Gasteiger partial charge in [-0.05, 0) is 63.7 Å². The van der Waals surface area contributed by atoms with E-state index in [0.717, 1.165) is 0 Å². The van der Waals surface area contributed by atoms with Crippen molar-refractivity contribution >= 4 is 11.8 Å². The molecule has 1 N–H and O–H groups in total. The van der Waals surface area contributed by atoms with Gasteiger partial charge in [-0.2, -0.15) is 11.8 Å². The molecular weight excluding hydrogens is 252 g/mol. The Hall–Kier alpha value is 0.270. The second-order valence-corrected chi connectivity index (χ2v) is 7.44. The molecule has 0 aromatic rings. The third-order valence-corrected chi connectivity index (χ3v) is 5.51. The van der Waals surface area contributed by atoms with Crippen LogP contribution in [0.1, 0.15) is 57.8 Å². The van der Waals surface area contributed by atoms with Crippen LogP contribution in [0, 0.1) is 0 Å². The first-order valence-corrected chi connectivity index (χ1v) is 9.70. The Morgan fingerprint density at radius 2 is 1.89 bits per heavy atom. The number of hydrogen-bond acceptors (Lipinski definition) is 3. The van der Waals surface area contributed by atoms with E-state index in [9.17, 15) is 0 Å². The first-order valence-electron chi connectivity index (χ1n) is 8.31. The molecule has 2 rings (SSSR count). The lowest BCUT2D eigenvalue weighted by atomic mass is 9.81. The van der Waals surface area contributed by atoms with E-state index >= 15 is 0 Å². The summed E-state index contributed by atoms with van der Waals surface area (Å²) in [6.45, 7) is 5.20. The molecule has 1 aliphatic carbocycles. The van der Waals surface area contributed by atoms with Crippen molar-refractivity contribution in [3.63, 3.8) is 0 Å². The molecule has 2 aliphatic rings. The van der Waals surface area contributed by atoms with Crippen LogP contribution in [0.3, 0.4) is 0 Å². The standard InChI is InChI=1S/C16H32N2S/c1-19-14-7-3-6-12-18-13-8-11-17-16(15-18)9-4-2-5-10-16/h17H,2-15H2,1H3. The van der Waals surface area contributed by atoms with Gasteiger partial charge in [0.25, 0.3) is 0 Å². The topological polar surface area (TPSA) is 15.3 Å². The summed E-state index contributed by atoms with van der Waals surface area (Å²) < 4.78 is 0. The Bertz CT molecular complexity index is 239. The smallest absolute Gasteiger partial charge is 0.0308 e. The average molecular weight is 285 g/mol. The van der Waals surface area contributed by atoms with E-state index in [4.69, 9.17) is 0 Å². The van der Waals surface area contributed by atoms with Crippen LogP contribution in [-0.2, 0) is 0 Å². The summed E-state index contributed by atoms with van der Waals surface area (Å²) in [5.41, 5.74) is 0.480. The van der Waals surface area contributed by atoms with Gasteiger partial charge in [-0.15, -0.1) is 0 Å². The molecule has 1 heterocycles. The number of rotatable bonds is 6. The third kappa shape index (κ3) is 5.28. The number of hydrogen-bond donors (Lipinski definition) is 1. The summed E-state index contributed by atoms with van der Waals surface area (Å²) in [5, 5.41) is 3.89. The minimum Gasteiger partial charge on any atom is -0.310 e. The molecule has 0 aromatic heterocycles. The van der Waals surface area contributed by atoms with E-state index in [1.54, 1.807) is 0 Å². The first-order chi connectivity index (χ1) is 9.35. The predicted octanol–water partition coefficient (Wildman–Crippen LogP) is 3.52. The normalized spacial score (nSPS) is 24.5. The van der Waals surface area contributed by atoms with Crippen molar-refractivity contribution in [2.45, 2.75) is 63.3 Å². The second-order valence-electron chi connectivity index (χ2n) is 6.45. The van der Waals surface area contributed by atoms with Crippen LogP contribution in [0.4, 0.5) is 0 Å². The number of thioether (sulfide) groups is 1. The number of unbranched alkanes of at least 4 members (excludes halogenated alkanes) is 2. The van der Waals surface area contributed by atoms with Gasteiger partial charge in [0.1, 0.15) is 0 Å². The lowest BCUT2D eigenvalue weighted by molar-refractivity contribution is 0.162. The third-order valence-electron chi connectivity index (χ3n) is 4.81. The van der Waals surface area contributed by atoms with Gasteiger partial charge in [0.15, 0.2) is 0 Å². The van der Waals surface area contributed by atoms with Crippen molar-refractivity contribution in [1.82, 2.24) is 10.2 Å². The molecule has 2 fully saturated rings. The summed E-state index contributed by atoms with van der Waals surface area (Å²) in [4.78, 5) is 2.75. The van der Waals surface area contributed by atoms with E-state index < -0.39 is 0 Å². The summed E-state index contributed by atoms with van der Waals surface area (Å²) in [6, 6.07) is 0. The minimum atomic E-state index is 0.480. The van der Waals surface area contributed by atoms with E-state index in [1.165, 1.54) is 89.7 Å². The van der Waals surface area contributed by atoms with Gasteiger partial charge in [-0.1, -0.05) is 25.7 Å². The molecule has 0 bridgehead atoms. The SMILES string of the molecule is CSCCCCCN1CCCNC2(CCCCC2)C1. The molecule has 0 amide bonds. The van der Waals surface area contributed by atoms with Crippen LogP contribution in [0.15, 0.2) is 0 Å². The lowest BCUT2D eigenvalue weighted by Gasteiger charge is -2.40. The van der Waals surface area contributed by atoms with Crippen molar-refractivity contribution in [2.24, 2.45) is 0 Å². The van der Waals surface area contributed by atoms with Crippen molar-refractivity contribution < 1.29 is 0 Å². The fourth-order valence-electron chi connectivity index (χ4n) is 3.73. The van der Waals surface area contributed by atoms with E-state index in [-0.39, 0.29) is 0 Å². The molecular formula is C16H32N2S. The maximum atomic E-state index is 3.89. The quantitative estimate of drug-likeness (QED) is 0.751. The molecule has 3 heteroatoms. The van der Waals surface area contributed by atoms with Gasteiger partial charge in [-0.25, -0.2) is 0 Å². The highest BCUT2D eigenvalue weighted by molar-refractivity contribution is 7.98. The second kappa shape index (κ2) is 8.53. The number of nitrogens with one attached hydrogen (secondary N) is 1. The van der Waals surface area contributed by atoms with Gasteiger partial charge in [-0.3, -0.25) is 0 Å². The lowest BCUT2D eigenvalue weighted by Crippen LogP contribution is -2.52.